The van der Waals surface area contributed by atoms with Gasteiger partial charge in [-0.05, 0) is 31.2 Å². The topological polar surface area (TPSA) is 78.3 Å². The van der Waals surface area contributed by atoms with E-state index in [0.29, 0.717) is 23.6 Å². The summed E-state index contributed by atoms with van der Waals surface area (Å²) < 4.78 is 27.0. The van der Waals surface area contributed by atoms with Crippen LogP contribution in [0.3, 0.4) is 0 Å². The Morgan fingerprint density at radius 1 is 1.24 bits per heavy atom. The molecule has 0 amide bonds. The number of anilines is 2. The van der Waals surface area contributed by atoms with Gasteiger partial charge in [0.25, 0.3) is 0 Å². The van der Waals surface area contributed by atoms with Gasteiger partial charge in [0, 0.05) is 30.3 Å². The molecule has 0 aliphatic rings. The van der Waals surface area contributed by atoms with E-state index < -0.39 is 5.82 Å². The number of Topliss-reactive ketones (excluding diaryl/α,β-unsaturated/α-hetero) is 1. The van der Waals surface area contributed by atoms with E-state index in [4.69, 9.17) is 9.47 Å². The Bertz CT molecular complexity index is 986. The summed E-state index contributed by atoms with van der Waals surface area (Å²) in [6.45, 7) is 4.50. The highest BCUT2D eigenvalue weighted by atomic mass is 19.1. The van der Waals surface area contributed by atoms with Crippen molar-refractivity contribution >= 4 is 17.3 Å². The maximum Gasteiger partial charge on any atom is 0.171 e. The number of hydrogen-bond acceptors (Lipinski definition) is 6. The van der Waals surface area contributed by atoms with Gasteiger partial charge in [-0.15, -0.1) is 0 Å². The summed E-state index contributed by atoms with van der Waals surface area (Å²) in [6, 6.07) is 6.40. The molecular formula is C21H23FN4O3. The number of halogens is 1. The average molecular weight is 398 g/mol. The molecule has 29 heavy (non-hydrogen) atoms. The highest BCUT2D eigenvalue weighted by Gasteiger charge is 2.15. The number of aromatic nitrogens is 3. The fourth-order valence-corrected chi connectivity index (χ4v) is 2.72. The van der Waals surface area contributed by atoms with Crippen molar-refractivity contribution in [2.45, 2.75) is 33.4 Å². The van der Waals surface area contributed by atoms with Crippen molar-refractivity contribution in [1.29, 1.82) is 0 Å². The first-order valence-electron chi connectivity index (χ1n) is 9.32. The van der Waals surface area contributed by atoms with Crippen LogP contribution in [-0.2, 0) is 13.2 Å². The second-order valence-corrected chi connectivity index (χ2v) is 6.31. The lowest BCUT2D eigenvalue weighted by Crippen LogP contribution is -2.05. The number of ketones is 1. The number of nitrogens with zero attached hydrogens (tertiary/aromatic N) is 3. The molecule has 0 radical (unpaired) electrons. The third-order valence-corrected chi connectivity index (χ3v) is 4.34. The number of rotatable bonds is 9. The molecule has 1 aromatic carbocycles. The Hall–Kier alpha value is -3.42. The Balaban J connectivity index is 1.68. The van der Waals surface area contributed by atoms with Crippen LogP contribution in [0, 0.1) is 5.82 Å². The number of hydrogen-bond donors (Lipinski definition) is 1. The number of carbonyl (C=O) groups excluding carboxylic acids is 1. The Labute approximate surface area is 168 Å². The van der Waals surface area contributed by atoms with Gasteiger partial charge in [0.15, 0.2) is 17.3 Å². The molecule has 0 unspecified atom stereocenters. The molecule has 0 fully saturated rings. The number of methoxy groups -OCH3 is 1. The summed E-state index contributed by atoms with van der Waals surface area (Å²) in [5.74, 6) is 0.502. The predicted molar refractivity (Wildman–Crippen MR) is 107 cm³/mol. The van der Waals surface area contributed by atoms with Crippen LogP contribution in [0.4, 0.5) is 15.9 Å². The van der Waals surface area contributed by atoms with E-state index in [9.17, 15) is 9.18 Å². The molecule has 0 atom stereocenters. The van der Waals surface area contributed by atoms with E-state index in [1.54, 1.807) is 36.1 Å². The summed E-state index contributed by atoms with van der Waals surface area (Å²) in [4.78, 5) is 16.3. The number of aryl methyl sites for hydroxylation is 1. The van der Waals surface area contributed by atoms with E-state index in [1.807, 2.05) is 13.1 Å². The van der Waals surface area contributed by atoms with Crippen molar-refractivity contribution in [1.82, 2.24) is 14.8 Å². The summed E-state index contributed by atoms with van der Waals surface area (Å²) in [5, 5.41) is 7.34. The lowest BCUT2D eigenvalue weighted by atomic mass is 10.0. The van der Waals surface area contributed by atoms with Gasteiger partial charge >= 0.3 is 0 Å². The number of ether oxygens (including phenoxy) is 2. The van der Waals surface area contributed by atoms with Crippen LogP contribution in [0.2, 0.25) is 0 Å². The van der Waals surface area contributed by atoms with Crippen molar-refractivity contribution in [3.63, 3.8) is 0 Å². The largest absolute Gasteiger partial charge is 0.494 e. The summed E-state index contributed by atoms with van der Waals surface area (Å²) in [5.41, 5.74) is 1.48. The predicted octanol–water partition coefficient (Wildman–Crippen LogP) is 4.36. The first kappa shape index (κ1) is 20.3. The number of pyridine rings is 1. The molecule has 2 heterocycles. The molecule has 8 heteroatoms. The highest BCUT2D eigenvalue weighted by Crippen LogP contribution is 2.25. The van der Waals surface area contributed by atoms with Gasteiger partial charge in [0.05, 0.1) is 25.2 Å². The number of nitrogens with one attached hydrogen (secondary N) is 1. The zero-order chi connectivity index (χ0) is 20.8. The van der Waals surface area contributed by atoms with Crippen molar-refractivity contribution in [3.05, 3.63) is 59.8 Å². The summed E-state index contributed by atoms with van der Waals surface area (Å²) >= 11 is 0. The smallest absolute Gasteiger partial charge is 0.171 e. The first-order valence-corrected chi connectivity index (χ1v) is 9.32. The van der Waals surface area contributed by atoms with E-state index in [-0.39, 0.29) is 23.7 Å². The molecule has 7 nitrogen and oxygen atoms in total. The third kappa shape index (κ3) is 4.90. The molecule has 0 bridgehead atoms. The Morgan fingerprint density at radius 2 is 2.07 bits per heavy atom. The van der Waals surface area contributed by atoms with Gasteiger partial charge in [0.2, 0.25) is 0 Å². The van der Waals surface area contributed by atoms with Gasteiger partial charge in [-0.2, -0.15) is 5.10 Å². The number of carbonyl (C=O) groups is 1. The lowest BCUT2D eigenvalue weighted by Gasteiger charge is -2.12. The van der Waals surface area contributed by atoms with E-state index in [1.165, 1.54) is 19.2 Å². The number of benzene rings is 1. The molecular weight excluding hydrogens is 375 g/mol. The molecule has 152 valence electrons. The minimum atomic E-state index is -0.542. The van der Waals surface area contributed by atoms with Gasteiger partial charge in [0.1, 0.15) is 18.2 Å². The first-order chi connectivity index (χ1) is 14.0. The van der Waals surface area contributed by atoms with Gasteiger partial charge in [-0.3, -0.25) is 9.48 Å². The van der Waals surface area contributed by atoms with E-state index in [2.05, 4.69) is 15.4 Å². The molecule has 2 aromatic heterocycles. The average Bonchev–Trinajstić information content (AvgIpc) is 3.21. The van der Waals surface area contributed by atoms with Crippen molar-refractivity contribution in [2.75, 3.05) is 12.4 Å². The fourth-order valence-electron chi connectivity index (χ4n) is 2.72. The van der Waals surface area contributed by atoms with Crippen LogP contribution in [0.25, 0.3) is 0 Å². The van der Waals surface area contributed by atoms with Crippen LogP contribution in [-0.4, -0.2) is 27.7 Å². The minimum absolute atomic E-state index is 0.0215. The molecule has 3 aromatic rings. The van der Waals surface area contributed by atoms with Crippen LogP contribution in [0.5, 0.6) is 11.5 Å². The third-order valence-electron chi connectivity index (χ3n) is 4.34. The van der Waals surface area contributed by atoms with Gasteiger partial charge < -0.3 is 14.8 Å². The van der Waals surface area contributed by atoms with Crippen LogP contribution in [0.15, 0.2) is 42.9 Å². The molecule has 0 aliphatic heterocycles. The molecule has 1 N–H and O–H groups in total. The maximum absolute atomic E-state index is 14.5. The summed E-state index contributed by atoms with van der Waals surface area (Å²) in [7, 11) is 1.36. The molecule has 0 spiro atoms. The zero-order valence-corrected chi connectivity index (χ0v) is 16.6. The standard InChI is InChI=1S/C21H23FN4O3/c1-4-18(27)14-8-15(21(22)19(9-14)28-3)13-29-17-6-7-20(23-11-17)25-16-10-24-26(5-2)12-16/h6-12H,4-5,13H2,1-3H3,(H,23,25). The Kier molecular flexibility index (Phi) is 6.43. The monoisotopic (exact) mass is 398 g/mol. The Morgan fingerprint density at radius 3 is 2.69 bits per heavy atom. The highest BCUT2D eigenvalue weighted by molar-refractivity contribution is 5.96. The van der Waals surface area contributed by atoms with E-state index >= 15 is 0 Å². The van der Waals surface area contributed by atoms with Crippen molar-refractivity contribution < 1.29 is 18.7 Å². The van der Waals surface area contributed by atoms with Crippen molar-refractivity contribution in [2.24, 2.45) is 0 Å². The van der Waals surface area contributed by atoms with Crippen LogP contribution < -0.4 is 14.8 Å². The second-order valence-electron chi connectivity index (χ2n) is 6.31. The van der Waals surface area contributed by atoms with Crippen LogP contribution in [0.1, 0.15) is 36.2 Å². The van der Waals surface area contributed by atoms with Crippen LogP contribution >= 0.6 is 0 Å². The SMILES string of the molecule is CCC(=O)c1cc(COc2ccc(Nc3cnn(CC)c3)nc2)c(F)c(OC)c1. The molecule has 0 saturated heterocycles. The van der Waals surface area contributed by atoms with Gasteiger partial charge in [-0.1, -0.05) is 6.92 Å². The van der Waals surface area contributed by atoms with Crippen molar-refractivity contribution in [3.8, 4) is 11.5 Å². The second kappa shape index (κ2) is 9.18. The molecule has 3 rings (SSSR count). The minimum Gasteiger partial charge on any atom is -0.494 e. The normalized spacial score (nSPS) is 10.6. The van der Waals surface area contributed by atoms with Gasteiger partial charge in [-0.25, -0.2) is 9.37 Å². The zero-order valence-electron chi connectivity index (χ0n) is 16.6. The fraction of sp³-hybridized carbons (Fsp3) is 0.286. The quantitative estimate of drug-likeness (QED) is 0.540. The molecule has 0 saturated carbocycles. The maximum atomic E-state index is 14.5. The van der Waals surface area contributed by atoms with E-state index in [0.717, 1.165) is 12.2 Å². The lowest BCUT2D eigenvalue weighted by molar-refractivity contribution is 0.0987. The molecule has 0 aliphatic carbocycles. The summed E-state index contributed by atoms with van der Waals surface area (Å²) in [6.07, 6.45) is 5.47.